The fourth-order valence-electron chi connectivity index (χ4n) is 1.65. The van der Waals surface area contributed by atoms with Gasteiger partial charge in [-0.2, -0.15) is 0 Å². The van der Waals surface area contributed by atoms with Crippen LogP contribution in [0.4, 0.5) is 4.79 Å². The quantitative estimate of drug-likeness (QED) is 0.495. The lowest BCUT2D eigenvalue weighted by Gasteiger charge is -2.34. The van der Waals surface area contributed by atoms with Gasteiger partial charge < -0.3 is 25.6 Å². The van der Waals surface area contributed by atoms with E-state index in [9.17, 15) is 9.59 Å². The first-order valence-electron chi connectivity index (χ1n) is 5.50. The fourth-order valence-corrected chi connectivity index (χ4v) is 1.65. The van der Waals surface area contributed by atoms with Crippen molar-refractivity contribution < 1.29 is 24.5 Å². The zero-order chi connectivity index (χ0) is 12.8. The second-order valence-corrected chi connectivity index (χ2v) is 4.05. The van der Waals surface area contributed by atoms with Gasteiger partial charge in [0.15, 0.2) is 0 Å². The molecule has 0 aliphatic heterocycles. The molecule has 0 aromatic rings. The smallest absolute Gasteiger partial charge is 0.326 e. The Bertz CT molecular complexity index is 278. The second kappa shape index (κ2) is 6.41. The summed E-state index contributed by atoms with van der Waals surface area (Å²) in [6, 6.07) is -1.55. The van der Waals surface area contributed by atoms with Gasteiger partial charge in [-0.05, 0) is 12.8 Å². The van der Waals surface area contributed by atoms with Crippen molar-refractivity contribution in [1.29, 1.82) is 0 Å². The topological polar surface area (TPSA) is 108 Å². The number of carbonyl (C=O) groups excluding carboxylic acids is 1. The van der Waals surface area contributed by atoms with Gasteiger partial charge in [0.25, 0.3) is 0 Å². The molecule has 2 amide bonds. The number of carboxylic acids is 1. The maximum absolute atomic E-state index is 11.4. The summed E-state index contributed by atoms with van der Waals surface area (Å²) in [5, 5.41) is 22.4. The van der Waals surface area contributed by atoms with Crippen LogP contribution < -0.4 is 10.6 Å². The molecule has 17 heavy (non-hydrogen) atoms. The number of hydrogen-bond acceptors (Lipinski definition) is 4. The van der Waals surface area contributed by atoms with Gasteiger partial charge in [-0.3, -0.25) is 0 Å². The molecule has 4 N–H and O–H groups in total. The van der Waals surface area contributed by atoms with E-state index in [1.807, 2.05) is 0 Å². The summed E-state index contributed by atoms with van der Waals surface area (Å²) >= 11 is 0. The van der Waals surface area contributed by atoms with Crippen LogP contribution in [0.5, 0.6) is 0 Å². The summed E-state index contributed by atoms with van der Waals surface area (Å²) in [5.74, 6) is -1.16. The Morgan fingerprint density at radius 2 is 2.12 bits per heavy atom. The molecule has 1 aliphatic carbocycles. The number of hydrogen-bond donors (Lipinski definition) is 4. The third-order valence-electron chi connectivity index (χ3n) is 2.78. The van der Waals surface area contributed by atoms with E-state index in [2.05, 4.69) is 10.6 Å². The first-order valence-corrected chi connectivity index (χ1v) is 5.50. The maximum atomic E-state index is 11.4. The van der Waals surface area contributed by atoms with Gasteiger partial charge in [-0.25, -0.2) is 9.59 Å². The van der Waals surface area contributed by atoms with Gasteiger partial charge in [0, 0.05) is 26.2 Å². The molecule has 0 bridgehead atoms. The highest BCUT2D eigenvalue weighted by atomic mass is 16.5. The van der Waals surface area contributed by atoms with Crippen molar-refractivity contribution in [2.75, 3.05) is 13.7 Å². The van der Waals surface area contributed by atoms with Gasteiger partial charge in [-0.1, -0.05) is 0 Å². The van der Waals surface area contributed by atoms with Crippen LogP contribution >= 0.6 is 0 Å². The van der Waals surface area contributed by atoms with E-state index in [1.54, 1.807) is 7.11 Å². The van der Waals surface area contributed by atoms with E-state index in [1.165, 1.54) is 0 Å². The van der Waals surface area contributed by atoms with Crippen molar-refractivity contribution in [2.24, 2.45) is 0 Å². The lowest BCUT2D eigenvalue weighted by Crippen LogP contribution is -2.54. The fraction of sp³-hybridized carbons (Fsp3) is 0.800. The minimum atomic E-state index is -1.16. The minimum Gasteiger partial charge on any atom is -0.480 e. The number of nitrogens with one attached hydrogen (secondary N) is 2. The highest BCUT2D eigenvalue weighted by Gasteiger charge is 2.30. The van der Waals surface area contributed by atoms with Crippen molar-refractivity contribution in [2.45, 2.75) is 37.5 Å². The third-order valence-corrected chi connectivity index (χ3v) is 2.78. The summed E-state index contributed by atoms with van der Waals surface area (Å²) in [7, 11) is 1.61. The molecular formula is C10H18N2O5. The van der Waals surface area contributed by atoms with Crippen molar-refractivity contribution in [3.05, 3.63) is 0 Å². The van der Waals surface area contributed by atoms with Crippen molar-refractivity contribution in [3.8, 4) is 0 Å². The van der Waals surface area contributed by atoms with Gasteiger partial charge in [-0.15, -0.1) is 0 Å². The summed E-state index contributed by atoms with van der Waals surface area (Å²) < 4.78 is 5.06. The Labute approximate surface area is 99.1 Å². The number of ether oxygens (including phenoxy) is 1. The van der Waals surface area contributed by atoms with Crippen LogP contribution in [0.25, 0.3) is 0 Å². The first kappa shape index (κ1) is 13.7. The molecule has 0 spiro atoms. The van der Waals surface area contributed by atoms with E-state index in [-0.39, 0.29) is 25.2 Å². The average Bonchev–Trinajstić information content (AvgIpc) is 2.22. The highest BCUT2D eigenvalue weighted by molar-refractivity contribution is 5.82. The van der Waals surface area contributed by atoms with E-state index in [0.29, 0.717) is 0 Å². The monoisotopic (exact) mass is 246 g/mol. The number of aliphatic hydroxyl groups is 1. The highest BCUT2D eigenvalue weighted by Crippen LogP contribution is 2.22. The van der Waals surface area contributed by atoms with Crippen LogP contribution in [0.2, 0.25) is 0 Å². The zero-order valence-electron chi connectivity index (χ0n) is 9.68. The lowest BCUT2D eigenvalue weighted by atomic mass is 9.89. The molecule has 1 aliphatic rings. The molecule has 0 unspecified atom stereocenters. The largest absolute Gasteiger partial charge is 0.480 e. The molecule has 98 valence electrons. The molecular weight excluding hydrogens is 228 g/mol. The molecule has 1 saturated carbocycles. The van der Waals surface area contributed by atoms with Gasteiger partial charge in [0.05, 0.1) is 6.10 Å². The van der Waals surface area contributed by atoms with E-state index in [0.717, 1.165) is 12.8 Å². The van der Waals surface area contributed by atoms with Crippen LogP contribution in [0, 0.1) is 0 Å². The Balaban J connectivity index is 2.26. The number of rotatable bonds is 6. The average molecular weight is 246 g/mol. The van der Waals surface area contributed by atoms with Crippen molar-refractivity contribution in [3.63, 3.8) is 0 Å². The Morgan fingerprint density at radius 3 is 2.59 bits per heavy atom. The summed E-state index contributed by atoms with van der Waals surface area (Å²) in [6.45, 7) is -0.285. The molecule has 0 saturated heterocycles. The predicted octanol–water partition coefficient (Wildman–Crippen LogP) is -0.701. The summed E-state index contributed by atoms with van der Waals surface area (Å²) in [6.07, 6.45) is 1.64. The van der Waals surface area contributed by atoms with E-state index < -0.39 is 18.0 Å². The number of urea groups is 1. The molecule has 0 heterocycles. The first-order chi connectivity index (χ1) is 8.06. The molecule has 0 radical (unpaired) electrons. The minimum absolute atomic E-state index is 0.00584. The zero-order valence-corrected chi connectivity index (χ0v) is 9.68. The van der Waals surface area contributed by atoms with Crippen LogP contribution in [0.15, 0.2) is 0 Å². The molecule has 0 aromatic carbocycles. The molecule has 1 fully saturated rings. The number of methoxy groups -OCH3 is 1. The van der Waals surface area contributed by atoms with Crippen molar-refractivity contribution >= 4 is 12.0 Å². The Kier molecular flexibility index (Phi) is 5.17. The SMILES string of the molecule is COC1CC(NC(=O)N[C@H](CCO)C(=O)O)C1. The summed E-state index contributed by atoms with van der Waals surface area (Å²) in [5.41, 5.74) is 0. The standard InChI is InChI=1S/C10H18N2O5/c1-17-7-4-6(5-7)11-10(16)12-8(2-3-13)9(14)15/h6-8,13H,2-5H2,1H3,(H,14,15)(H2,11,12,16)/t6?,7?,8-/m1/s1. The van der Waals surface area contributed by atoms with Gasteiger partial charge in [0.1, 0.15) is 6.04 Å². The molecule has 0 aromatic heterocycles. The van der Waals surface area contributed by atoms with Crippen molar-refractivity contribution in [1.82, 2.24) is 10.6 Å². The number of aliphatic carboxylic acids is 1. The van der Waals surface area contributed by atoms with Gasteiger partial charge >= 0.3 is 12.0 Å². The van der Waals surface area contributed by atoms with E-state index in [4.69, 9.17) is 14.9 Å². The van der Waals surface area contributed by atoms with Crippen LogP contribution in [0.3, 0.4) is 0 Å². The van der Waals surface area contributed by atoms with Gasteiger partial charge in [0.2, 0.25) is 0 Å². The maximum Gasteiger partial charge on any atom is 0.326 e. The normalized spacial score (nSPS) is 24.6. The molecule has 1 rings (SSSR count). The Morgan fingerprint density at radius 1 is 1.47 bits per heavy atom. The lowest BCUT2D eigenvalue weighted by molar-refractivity contribution is -0.139. The number of carboxylic acid groups (broad SMARTS) is 1. The summed E-state index contributed by atoms with van der Waals surface area (Å²) in [4.78, 5) is 22.1. The second-order valence-electron chi connectivity index (χ2n) is 4.05. The Hall–Kier alpha value is -1.34. The van der Waals surface area contributed by atoms with Crippen LogP contribution in [0.1, 0.15) is 19.3 Å². The number of carbonyl (C=O) groups is 2. The van der Waals surface area contributed by atoms with E-state index >= 15 is 0 Å². The molecule has 7 nitrogen and oxygen atoms in total. The van der Waals surface area contributed by atoms with Crippen LogP contribution in [-0.2, 0) is 9.53 Å². The molecule has 7 heteroatoms. The number of amides is 2. The third kappa shape index (κ3) is 4.20. The predicted molar refractivity (Wildman–Crippen MR) is 58.6 cm³/mol. The molecule has 1 atom stereocenters. The number of aliphatic hydroxyl groups excluding tert-OH is 1. The van der Waals surface area contributed by atoms with Crippen LogP contribution in [-0.4, -0.2) is 54.1 Å².